The number of hydrogen-bond acceptors (Lipinski definition) is 2. The van der Waals surface area contributed by atoms with Gasteiger partial charge in [0.15, 0.2) is 0 Å². The topological polar surface area (TPSA) is 29.5 Å². The molecule has 0 spiro atoms. The van der Waals surface area contributed by atoms with Crippen LogP contribution in [0.5, 0.6) is 5.75 Å². The molecule has 0 aliphatic heterocycles. The number of ether oxygens (including phenoxy) is 1. The Bertz CT molecular complexity index is 567. The molecule has 20 heavy (non-hydrogen) atoms. The quantitative estimate of drug-likeness (QED) is 0.899. The maximum Gasteiger partial charge on any atom is 0.118 e. The molecule has 0 radical (unpaired) electrons. The highest BCUT2D eigenvalue weighted by Crippen LogP contribution is 2.23. The van der Waals surface area contributed by atoms with Gasteiger partial charge < -0.3 is 9.84 Å². The van der Waals surface area contributed by atoms with E-state index < -0.39 is 6.10 Å². The molecule has 1 unspecified atom stereocenters. The van der Waals surface area contributed by atoms with Crippen molar-refractivity contribution in [3.63, 3.8) is 0 Å². The van der Waals surface area contributed by atoms with Gasteiger partial charge in [0, 0.05) is 16.5 Å². The van der Waals surface area contributed by atoms with Gasteiger partial charge in [0.05, 0.1) is 13.2 Å². The summed E-state index contributed by atoms with van der Waals surface area (Å²) in [6.45, 7) is 0. The minimum atomic E-state index is -0.484. The SMILES string of the molecule is COc1ccc(CC(O)Cc2ccc(Cl)cc2Cl)cc1. The van der Waals surface area contributed by atoms with Gasteiger partial charge in [-0.3, -0.25) is 0 Å². The lowest BCUT2D eigenvalue weighted by Gasteiger charge is -2.12. The highest BCUT2D eigenvalue weighted by molar-refractivity contribution is 6.35. The minimum absolute atomic E-state index is 0.484. The van der Waals surface area contributed by atoms with Crippen molar-refractivity contribution >= 4 is 23.2 Å². The molecular formula is C16H16Cl2O2. The molecular weight excluding hydrogens is 295 g/mol. The van der Waals surface area contributed by atoms with E-state index in [2.05, 4.69) is 0 Å². The molecule has 0 amide bonds. The summed E-state index contributed by atoms with van der Waals surface area (Å²) in [6.07, 6.45) is 0.590. The maximum atomic E-state index is 10.2. The number of benzene rings is 2. The molecule has 106 valence electrons. The molecule has 0 aliphatic carbocycles. The predicted molar refractivity (Wildman–Crippen MR) is 82.9 cm³/mol. The van der Waals surface area contributed by atoms with Crippen molar-refractivity contribution in [2.45, 2.75) is 18.9 Å². The van der Waals surface area contributed by atoms with Crippen LogP contribution in [0, 0.1) is 0 Å². The Balaban J connectivity index is 1.99. The molecule has 0 heterocycles. The van der Waals surface area contributed by atoms with Gasteiger partial charge >= 0.3 is 0 Å². The summed E-state index contributed by atoms with van der Waals surface area (Å²) in [5, 5.41) is 11.3. The van der Waals surface area contributed by atoms with Gasteiger partial charge in [0.25, 0.3) is 0 Å². The first kappa shape index (κ1) is 15.2. The van der Waals surface area contributed by atoms with Gasteiger partial charge in [0.1, 0.15) is 5.75 Å². The van der Waals surface area contributed by atoms with E-state index in [4.69, 9.17) is 27.9 Å². The zero-order valence-corrected chi connectivity index (χ0v) is 12.7. The molecule has 0 bridgehead atoms. The molecule has 0 aliphatic rings. The second-order valence-corrected chi connectivity index (χ2v) is 5.49. The molecule has 0 saturated heterocycles. The lowest BCUT2D eigenvalue weighted by molar-refractivity contribution is 0.175. The molecule has 0 fully saturated rings. The Labute approximate surface area is 128 Å². The third-order valence-corrected chi connectivity index (χ3v) is 3.69. The van der Waals surface area contributed by atoms with Gasteiger partial charge in [0.2, 0.25) is 0 Å². The van der Waals surface area contributed by atoms with Gasteiger partial charge in [-0.25, -0.2) is 0 Å². The van der Waals surface area contributed by atoms with Crippen LogP contribution in [0.3, 0.4) is 0 Å². The zero-order valence-electron chi connectivity index (χ0n) is 11.1. The second kappa shape index (κ2) is 6.98. The van der Waals surface area contributed by atoms with Crippen molar-refractivity contribution in [3.8, 4) is 5.75 Å². The Kier molecular flexibility index (Phi) is 5.30. The standard InChI is InChI=1S/C16H16Cl2O2/c1-20-15-6-2-11(3-7-15)8-14(19)9-12-4-5-13(17)10-16(12)18/h2-7,10,14,19H,8-9H2,1H3. The second-order valence-electron chi connectivity index (χ2n) is 4.65. The summed E-state index contributed by atoms with van der Waals surface area (Å²) in [6, 6.07) is 13.0. The number of aliphatic hydroxyl groups is 1. The Hall–Kier alpha value is -1.22. The maximum absolute atomic E-state index is 10.2. The third kappa shape index (κ3) is 4.14. The van der Waals surface area contributed by atoms with Crippen LogP contribution in [0.25, 0.3) is 0 Å². The molecule has 4 heteroatoms. The molecule has 2 nitrogen and oxygen atoms in total. The van der Waals surface area contributed by atoms with Crippen LogP contribution in [-0.2, 0) is 12.8 Å². The van der Waals surface area contributed by atoms with E-state index in [0.717, 1.165) is 16.9 Å². The summed E-state index contributed by atoms with van der Waals surface area (Å²) in [4.78, 5) is 0. The molecule has 1 atom stereocenters. The third-order valence-electron chi connectivity index (χ3n) is 3.10. The van der Waals surface area contributed by atoms with Crippen LogP contribution in [0.4, 0.5) is 0 Å². The molecule has 0 saturated carbocycles. The Morgan fingerprint density at radius 3 is 2.35 bits per heavy atom. The molecule has 2 aromatic rings. The van der Waals surface area contributed by atoms with Crippen molar-refractivity contribution < 1.29 is 9.84 Å². The molecule has 2 aromatic carbocycles. The van der Waals surface area contributed by atoms with E-state index in [1.54, 1.807) is 19.2 Å². The first-order valence-electron chi connectivity index (χ1n) is 6.33. The van der Waals surface area contributed by atoms with Crippen LogP contribution in [0.15, 0.2) is 42.5 Å². The van der Waals surface area contributed by atoms with Crippen molar-refractivity contribution in [1.29, 1.82) is 0 Å². The van der Waals surface area contributed by atoms with E-state index in [0.29, 0.717) is 22.9 Å². The van der Waals surface area contributed by atoms with Gasteiger partial charge in [-0.15, -0.1) is 0 Å². The van der Waals surface area contributed by atoms with Gasteiger partial charge in [-0.2, -0.15) is 0 Å². The fourth-order valence-electron chi connectivity index (χ4n) is 2.05. The Morgan fingerprint density at radius 2 is 1.75 bits per heavy atom. The number of aliphatic hydroxyl groups excluding tert-OH is 1. The van der Waals surface area contributed by atoms with E-state index in [1.807, 2.05) is 30.3 Å². The monoisotopic (exact) mass is 310 g/mol. The van der Waals surface area contributed by atoms with Crippen LogP contribution in [0.2, 0.25) is 10.0 Å². The summed E-state index contributed by atoms with van der Waals surface area (Å²) >= 11 is 12.0. The van der Waals surface area contributed by atoms with Crippen molar-refractivity contribution in [1.82, 2.24) is 0 Å². The Morgan fingerprint density at radius 1 is 1.05 bits per heavy atom. The number of methoxy groups -OCH3 is 1. The van der Waals surface area contributed by atoms with Crippen molar-refractivity contribution in [2.75, 3.05) is 7.11 Å². The lowest BCUT2D eigenvalue weighted by atomic mass is 10.0. The summed E-state index contributed by atoms with van der Waals surface area (Å²) in [5.41, 5.74) is 1.96. The fraction of sp³-hybridized carbons (Fsp3) is 0.250. The summed E-state index contributed by atoms with van der Waals surface area (Å²) in [5.74, 6) is 0.809. The summed E-state index contributed by atoms with van der Waals surface area (Å²) in [7, 11) is 1.63. The predicted octanol–water partition coefficient (Wildman–Crippen LogP) is 4.15. The number of hydrogen-bond donors (Lipinski definition) is 1. The number of rotatable bonds is 5. The zero-order chi connectivity index (χ0) is 14.5. The van der Waals surface area contributed by atoms with Crippen LogP contribution in [0.1, 0.15) is 11.1 Å². The van der Waals surface area contributed by atoms with E-state index in [1.165, 1.54) is 0 Å². The number of halogens is 2. The largest absolute Gasteiger partial charge is 0.497 e. The highest BCUT2D eigenvalue weighted by atomic mass is 35.5. The highest BCUT2D eigenvalue weighted by Gasteiger charge is 2.10. The van der Waals surface area contributed by atoms with Crippen LogP contribution >= 0.6 is 23.2 Å². The van der Waals surface area contributed by atoms with Crippen molar-refractivity contribution in [2.24, 2.45) is 0 Å². The average Bonchev–Trinajstić information content (AvgIpc) is 2.43. The lowest BCUT2D eigenvalue weighted by Crippen LogP contribution is -2.14. The first-order valence-corrected chi connectivity index (χ1v) is 7.09. The smallest absolute Gasteiger partial charge is 0.118 e. The van der Waals surface area contributed by atoms with Gasteiger partial charge in [-0.05, 0) is 41.8 Å². The van der Waals surface area contributed by atoms with Crippen LogP contribution < -0.4 is 4.74 Å². The van der Waals surface area contributed by atoms with Gasteiger partial charge in [-0.1, -0.05) is 41.4 Å². The van der Waals surface area contributed by atoms with E-state index in [-0.39, 0.29) is 0 Å². The normalized spacial score (nSPS) is 12.2. The molecule has 0 aromatic heterocycles. The molecule has 1 N–H and O–H groups in total. The fourth-order valence-corrected chi connectivity index (χ4v) is 2.53. The van der Waals surface area contributed by atoms with E-state index >= 15 is 0 Å². The molecule has 2 rings (SSSR count). The van der Waals surface area contributed by atoms with Crippen molar-refractivity contribution in [3.05, 3.63) is 63.6 Å². The van der Waals surface area contributed by atoms with Crippen LogP contribution in [-0.4, -0.2) is 18.3 Å². The first-order chi connectivity index (χ1) is 9.58. The average molecular weight is 311 g/mol. The van der Waals surface area contributed by atoms with E-state index in [9.17, 15) is 5.11 Å². The minimum Gasteiger partial charge on any atom is -0.497 e. The summed E-state index contributed by atoms with van der Waals surface area (Å²) < 4.78 is 5.10.